The minimum absolute atomic E-state index is 0.0839. The van der Waals surface area contributed by atoms with E-state index in [0.717, 1.165) is 29.2 Å². The Morgan fingerprint density at radius 1 is 1.13 bits per heavy atom. The number of hydrogen-bond donors (Lipinski definition) is 0. The molecule has 0 radical (unpaired) electrons. The summed E-state index contributed by atoms with van der Waals surface area (Å²) in [5.41, 5.74) is 6.87. The van der Waals surface area contributed by atoms with Crippen molar-refractivity contribution in [1.29, 1.82) is 0 Å². The van der Waals surface area contributed by atoms with Crippen LogP contribution in [0, 0.1) is 10.1 Å². The first-order valence-corrected chi connectivity index (χ1v) is 11.7. The Bertz CT molecular complexity index is 1140. The van der Waals surface area contributed by atoms with E-state index in [9.17, 15) is 10.1 Å². The number of benzene rings is 2. The fraction of sp³-hybridized carbons (Fsp3) is 0.360. The van der Waals surface area contributed by atoms with E-state index in [1.54, 1.807) is 40.8 Å². The molecule has 1 heterocycles. The molecular formula is C25H25N3O2S. The van der Waals surface area contributed by atoms with Gasteiger partial charge in [0.25, 0.3) is 5.69 Å². The molecule has 0 N–H and O–H groups in total. The maximum atomic E-state index is 10.8. The van der Waals surface area contributed by atoms with E-state index in [-0.39, 0.29) is 11.1 Å². The maximum Gasteiger partial charge on any atom is 0.269 e. The molecule has 0 atom stereocenters. The van der Waals surface area contributed by atoms with Crippen LogP contribution in [0.5, 0.6) is 0 Å². The third-order valence-corrected chi connectivity index (χ3v) is 7.56. The molecule has 0 unspecified atom stereocenters. The largest absolute Gasteiger partial charge is 0.269 e. The Kier molecular flexibility index (Phi) is 5.18. The molecule has 1 fully saturated rings. The Balaban J connectivity index is 1.24. The first-order valence-electron chi connectivity index (χ1n) is 10.9. The molecule has 158 valence electrons. The molecule has 31 heavy (non-hydrogen) atoms. The van der Waals surface area contributed by atoms with Crippen LogP contribution in [0.3, 0.4) is 0 Å². The predicted octanol–water partition coefficient (Wildman–Crippen LogP) is 6.52. The Morgan fingerprint density at radius 3 is 2.61 bits per heavy atom. The van der Waals surface area contributed by atoms with Crippen LogP contribution in [0.25, 0.3) is 0 Å². The molecule has 2 aliphatic rings. The first kappa shape index (κ1) is 20.1. The van der Waals surface area contributed by atoms with E-state index >= 15 is 0 Å². The van der Waals surface area contributed by atoms with Gasteiger partial charge in [0.15, 0.2) is 0 Å². The highest BCUT2D eigenvalue weighted by atomic mass is 32.1. The summed E-state index contributed by atoms with van der Waals surface area (Å²) in [5, 5.41) is 13.6. The topological polar surface area (TPSA) is 68.4 Å². The van der Waals surface area contributed by atoms with Gasteiger partial charge in [-0.3, -0.25) is 10.1 Å². The zero-order chi connectivity index (χ0) is 21.4. The Hall–Kier alpha value is -2.86. The molecule has 6 heteroatoms. The molecule has 5 rings (SSSR count). The summed E-state index contributed by atoms with van der Waals surface area (Å²) in [7, 11) is 0. The fourth-order valence-electron chi connectivity index (χ4n) is 4.92. The molecule has 0 aliphatic heterocycles. The Morgan fingerprint density at radius 2 is 1.87 bits per heavy atom. The number of nitro groups is 1. The second-order valence-corrected chi connectivity index (χ2v) is 9.85. The molecule has 2 aliphatic carbocycles. The van der Waals surface area contributed by atoms with Crippen LogP contribution in [0.4, 0.5) is 10.8 Å². The van der Waals surface area contributed by atoms with Crippen LogP contribution < -0.4 is 0 Å². The van der Waals surface area contributed by atoms with Gasteiger partial charge in [-0.1, -0.05) is 25.1 Å². The van der Waals surface area contributed by atoms with Gasteiger partial charge in [0.2, 0.25) is 5.13 Å². The van der Waals surface area contributed by atoms with Crippen molar-refractivity contribution in [2.24, 2.45) is 4.99 Å². The molecule has 1 aromatic heterocycles. The van der Waals surface area contributed by atoms with Crippen LogP contribution >= 0.6 is 11.3 Å². The lowest BCUT2D eigenvalue weighted by atomic mass is 9.59. The number of fused-ring (bicyclic) bond motifs is 1. The molecule has 0 amide bonds. The van der Waals surface area contributed by atoms with Crippen molar-refractivity contribution in [2.75, 3.05) is 0 Å². The number of hydrogen-bond acceptors (Lipinski definition) is 5. The van der Waals surface area contributed by atoms with Gasteiger partial charge in [-0.15, -0.1) is 11.3 Å². The van der Waals surface area contributed by atoms with Crippen LogP contribution in [-0.4, -0.2) is 16.1 Å². The number of aromatic nitrogens is 1. The number of nitro benzene ring substituents is 1. The first-order chi connectivity index (χ1) is 15.0. The molecule has 3 aromatic rings. The third kappa shape index (κ3) is 4.04. The fourth-order valence-corrected chi connectivity index (χ4v) is 5.66. The van der Waals surface area contributed by atoms with Crippen LogP contribution in [0.1, 0.15) is 66.5 Å². The molecule has 0 saturated heterocycles. The van der Waals surface area contributed by atoms with Crippen molar-refractivity contribution in [3.05, 3.63) is 85.9 Å². The summed E-state index contributed by atoms with van der Waals surface area (Å²) in [6.07, 6.45) is 9.07. The summed E-state index contributed by atoms with van der Waals surface area (Å²) >= 11 is 1.55. The number of non-ortho nitro benzene ring substituents is 1. The second-order valence-electron chi connectivity index (χ2n) is 9.02. The van der Waals surface area contributed by atoms with Gasteiger partial charge in [-0.05, 0) is 78.3 Å². The van der Waals surface area contributed by atoms with Crippen molar-refractivity contribution in [3.8, 4) is 0 Å². The number of thiazole rings is 1. The van der Waals surface area contributed by atoms with Gasteiger partial charge in [0.05, 0.1) is 10.6 Å². The maximum absolute atomic E-state index is 10.8. The van der Waals surface area contributed by atoms with Crippen molar-refractivity contribution in [3.63, 3.8) is 0 Å². The highest BCUT2D eigenvalue weighted by Crippen LogP contribution is 2.53. The molecule has 0 spiro atoms. The van der Waals surface area contributed by atoms with Gasteiger partial charge in [0.1, 0.15) is 0 Å². The lowest BCUT2D eigenvalue weighted by Gasteiger charge is -2.45. The highest BCUT2D eigenvalue weighted by Gasteiger charge is 2.43. The molecule has 2 aromatic carbocycles. The smallest absolute Gasteiger partial charge is 0.258 e. The number of aryl methyl sites for hydroxylation is 2. The van der Waals surface area contributed by atoms with E-state index in [1.807, 2.05) is 0 Å². The standard InChI is InChI=1S/C25H25N3O2S/c1-25(21-9-8-18-4-2-3-5-19(18)12-21)13-20(14-25)23-16-31-24(27-23)26-15-17-6-10-22(11-7-17)28(29)30/h6-12,15-16,20H,2-5,13-14H2,1H3/b26-15+. The zero-order valence-corrected chi connectivity index (χ0v) is 18.4. The van der Waals surface area contributed by atoms with Gasteiger partial charge in [-0.25, -0.2) is 9.98 Å². The van der Waals surface area contributed by atoms with E-state index in [4.69, 9.17) is 4.98 Å². The van der Waals surface area contributed by atoms with E-state index < -0.39 is 4.92 Å². The number of rotatable bonds is 5. The summed E-state index contributed by atoms with van der Waals surface area (Å²) in [5.74, 6) is 0.487. The highest BCUT2D eigenvalue weighted by molar-refractivity contribution is 7.13. The van der Waals surface area contributed by atoms with E-state index in [0.29, 0.717) is 5.92 Å². The average Bonchev–Trinajstić information content (AvgIpc) is 3.24. The molecule has 0 bridgehead atoms. The molecule has 1 saturated carbocycles. The van der Waals surface area contributed by atoms with Gasteiger partial charge in [-0.2, -0.15) is 0 Å². The minimum atomic E-state index is -0.398. The number of nitrogens with zero attached hydrogens (tertiary/aromatic N) is 3. The summed E-state index contributed by atoms with van der Waals surface area (Å²) in [6.45, 7) is 2.38. The lowest BCUT2D eigenvalue weighted by molar-refractivity contribution is -0.384. The van der Waals surface area contributed by atoms with Crippen molar-refractivity contribution in [1.82, 2.24) is 4.98 Å². The van der Waals surface area contributed by atoms with Crippen molar-refractivity contribution < 1.29 is 4.92 Å². The SMILES string of the molecule is CC1(c2ccc3c(c2)CCCC3)CC(c2csc(/N=C/c3ccc([N+](=O)[O-])cc3)n2)C1. The zero-order valence-electron chi connectivity index (χ0n) is 17.6. The van der Waals surface area contributed by atoms with Crippen molar-refractivity contribution >= 4 is 28.4 Å². The molecular weight excluding hydrogens is 406 g/mol. The van der Waals surface area contributed by atoms with Gasteiger partial charge < -0.3 is 0 Å². The van der Waals surface area contributed by atoms with Crippen LogP contribution in [0.15, 0.2) is 52.8 Å². The number of aliphatic imine (C=N–C) groups is 1. The second kappa shape index (κ2) is 8.00. The lowest BCUT2D eigenvalue weighted by Crippen LogP contribution is -2.37. The van der Waals surface area contributed by atoms with Gasteiger partial charge >= 0.3 is 0 Å². The molecule has 5 nitrogen and oxygen atoms in total. The van der Waals surface area contributed by atoms with Gasteiger partial charge in [0, 0.05) is 29.6 Å². The summed E-state index contributed by atoms with van der Waals surface area (Å²) in [6, 6.07) is 13.6. The van der Waals surface area contributed by atoms with E-state index in [1.165, 1.54) is 43.4 Å². The summed E-state index contributed by atoms with van der Waals surface area (Å²) < 4.78 is 0. The van der Waals surface area contributed by atoms with Crippen LogP contribution in [-0.2, 0) is 18.3 Å². The normalized spacial score (nSPS) is 22.8. The third-order valence-electron chi connectivity index (χ3n) is 6.80. The predicted molar refractivity (Wildman–Crippen MR) is 125 cm³/mol. The quantitative estimate of drug-likeness (QED) is 0.262. The average molecular weight is 432 g/mol. The monoisotopic (exact) mass is 431 g/mol. The minimum Gasteiger partial charge on any atom is -0.258 e. The Labute approximate surface area is 186 Å². The van der Waals surface area contributed by atoms with E-state index in [2.05, 4.69) is 35.5 Å². The summed E-state index contributed by atoms with van der Waals surface area (Å²) in [4.78, 5) is 19.6. The van der Waals surface area contributed by atoms with Crippen molar-refractivity contribution in [2.45, 2.75) is 56.8 Å². The van der Waals surface area contributed by atoms with Crippen LogP contribution in [0.2, 0.25) is 0 Å².